The summed E-state index contributed by atoms with van der Waals surface area (Å²) >= 11 is 0. The maximum absolute atomic E-state index is 14.5. The second kappa shape index (κ2) is 18.6. The molecule has 0 aliphatic carbocycles. The minimum absolute atomic E-state index is 0.0546. The van der Waals surface area contributed by atoms with Gasteiger partial charge in [0, 0.05) is 32.0 Å². The molecule has 4 aromatic rings. The Morgan fingerprint density at radius 3 is 1.90 bits per heavy atom. The Hall–Kier alpha value is -5.93. The van der Waals surface area contributed by atoms with E-state index in [-0.39, 0.29) is 47.9 Å². The number of likely N-dealkylation sites (tertiary alicyclic amines) is 1. The number of nitrogens with one attached hydrogen (secondary N) is 5. The molecule has 1 aromatic heterocycles. The predicted octanol–water partition coefficient (Wildman–Crippen LogP) is 5.40. The van der Waals surface area contributed by atoms with E-state index in [4.69, 9.17) is 14.5 Å². The number of amides is 4. The minimum atomic E-state index is -0.759. The molecule has 0 radical (unpaired) electrons. The van der Waals surface area contributed by atoms with Crippen LogP contribution in [0.4, 0.5) is 15.3 Å². The molecule has 6 atom stereocenters. The number of alkyl carbamates (subject to hydrolysis) is 2. The van der Waals surface area contributed by atoms with Crippen LogP contribution in [-0.4, -0.2) is 109 Å². The van der Waals surface area contributed by atoms with Gasteiger partial charge in [-0.1, -0.05) is 94.4 Å². The summed E-state index contributed by atoms with van der Waals surface area (Å²) in [5, 5.41) is 12.5. The van der Waals surface area contributed by atoms with Crippen molar-refractivity contribution in [2.75, 3.05) is 45.4 Å². The Balaban J connectivity index is 1.11. The molecular formula is C45H57N9O6. The van der Waals surface area contributed by atoms with Crippen molar-refractivity contribution >= 4 is 29.7 Å². The largest absolute Gasteiger partial charge is 0.453 e. The number of carbonyl (C=O) groups excluding carboxylic acids is 4. The molecule has 0 saturated carbocycles. The van der Waals surface area contributed by atoms with Crippen molar-refractivity contribution in [3.8, 4) is 22.4 Å². The molecule has 60 heavy (non-hydrogen) atoms. The molecule has 4 heterocycles. The quantitative estimate of drug-likeness (QED) is 0.125. The van der Waals surface area contributed by atoms with Crippen LogP contribution in [0.15, 0.2) is 85.1 Å². The van der Waals surface area contributed by atoms with Crippen LogP contribution in [0.5, 0.6) is 0 Å². The highest BCUT2D eigenvalue weighted by molar-refractivity contribution is 5.88. The number of imidazole rings is 1. The summed E-state index contributed by atoms with van der Waals surface area (Å²) in [4.78, 5) is 66.7. The molecule has 3 saturated heterocycles. The predicted molar refractivity (Wildman–Crippen MR) is 228 cm³/mol. The van der Waals surface area contributed by atoms with Crippen LogP contribution in [0.3, 0.4) is 0 Å². The molecule has 3 aliphatic heterocycles. The normalized spacial score (nSPS) is 21.3. The number of hydrogen-bond donors (Lipinski definition) is 5. The number of ether oxygens (including phenoxy) is 2. The van der Waals surface area contributed by atoms with Crippen LogP contribution >= 0.6 is 0 Å². The van der Waals surface area contributed by atoms with E-state index >= 15 is 0 Å². The lowest BCUT2D eigenvalue weighted by atomic mass is 9.98. The molecule has 7 rings (SSSR count). The Kier molecular flexibility index (Phi) is 13.0. The molecule has 3 aliphatic rings. The van der Waals surface area contributed by atoms with Crippen LogP contribution in [0, 0.1) is 11.8 Å². The van der Waals surface area contributed by atoms with E-state index in [0.717, 1.165) is 52.3 Å². The number of aromatic nitrogens is 2. The van der Waals surface area contributed by atoms with Gasteiger partial charge >= 0.3 is 12.2 Å². The minimum Gasteiger partial charge on any atom is -0.453 e. The van der Waals surface area contributed by atoms with Crippen molar-refractivity contribution in [2.24, 2.45) is 11.8 Å². The zero-order chi connectivity index (χ0) is 42.5. The summed E-state index contributed by atoms with van der Waals surface area (Å²) in [5.74, 6) is 0.145. The molecule has 4 amide bonds. The van der Waals surface area contributed by atoms with Gasteiger partial charge in [0.2, 0.25) is 11.8 Å². The van der Waals surface area contributed by atoms with Crippen LogP contribution in [0.1, 0.15) is 64.0 Å². The summed E-state index contributed by atoms with van der Waals surface area (Å²) in [6.45, 7) is 9.99. The molecular weight excluding hydrogens is 763 g/mol. The maximum atomic E-state index is 14.5. The molecule has 6 unspecified atom stereocenters. The van der Waals surface area contributed by atoms with E-state index < -0.39 is 24.3 Å². The highest BCUT2D eigenvalue weighted by Gasteiger charge is 2.49. The highest BCUT2D eigenvalue weighted by atomic mass is 16.5. The SMILES string of the molecule is COC(=O)NC(C(=O)N1CCCC1c1ncc(-c2ccc(-c3ccc(C4CN(C(=O)C(NC(=O)OC)C(C)C)C(C5CNCN5)N4c4ccccc4)cc3)cc2)[nH]1)C(C)C. The first-order valence-corrected chi connectivity index (χ1v) is 20.8. The number of rotatable bonds is 12. The fourth-order valence-electron chi connectivity index (χ4n) is 8.72. The number of nitrogens with zero attached hydrogens (tertiary/aromatic N) is 4. The van der Waals surface area contributed by atoms with Crippen molar-refractivity contribution in [1.82, 2.24) is 41.0 Å². The molecule has 5 N–H and O–H groups in total. The van der Waals surface area contributed by atoms with Gasteiger partial charge in [0.1, 0.15) is 24.1 Å². The Bertz CT molecular complexity index is 2100. The summed E-state index contributed by atoms with van der Waals surface area (Å²) < 4.78 is 9.67. The van der Waals surface area contributed by atoms with Gasteiger partial charge in [-0.2, -0.15) is 0 Å². The van der Waals surface area contributed by atoms with Gasteiger partial charge < -0.3 is 45.1 Å². The van der Waals surface area contributed by atoms with Gasteiger partial charge in [0.25, 0.3) is 0 Å². The van der Waals surface area contributed by atoms with Gasteiger partial charge in [0.05, 0.1) is 44.2 Å². The van der Waals surface area contributed by atoms with Crippen molar-refractivity contribution in [1.29, 1.82) is 0 Å². The first-order valence-electron chi connectivity index (χ1n) is 20.8. The van der Waals surface area contributed by atoms with Crippen LogP contribution in [-0.2, 0) is 19.1 Å². The monoisotopic (exact) mass is 819 g/mol. The zero-order valence-corrected chi connectivity index (χ0v) is 35.2. The van der Waals surface area contributed by atoms with Gasteiger partial charge in [-0.3, -0.25) is 14.9 Å². The van der Waals surface area contributed by atoms with E-state index in [0.29, 0.717) is 26.3 Å². The van der Waals surface area contributed by atoms with Gasteiger partial charge in [0.15, 0.2) is 0 Å². The lowest BCUT2D eigenvalue weighted by Crippen LogP contribution is -2.59. The van der Waals surface area contributed by atoms with E-state index in [1.54, 1.807) is 6.20 Å². The summed E-state index contributed by atoms with van der Waals surface area (Å²) in [7, 11) is 2.59. The Morgan fingerprint density at radius 2 is 1.33 bits per heavy atom. The third kappa shape index (κ3) is 8.82. The average Bonchev–Trinajstić information content (AvgIpc) is 4.11. The van der Waals surface area contributed by atoms with Crippen LogP contribution in [0.2, 0.25) is 0 Å². The Labute approximate surface area is 351 Å². The number of aromatic amines is 1. The van der Waals surface area contributed by atoms with Gasteiger partial charge in [-0.15, -0.1) is 0 Å². The van der Waals surface area contributed by atoms with Crippen LogP contribution in [0.25, 0.3) is 22.4 Å². The van der Waals surface area contributed by atoms with Crippen molar-refractivity contribution in [3.63, 3.8) is 0 Å². The van der Waals surface area contributed by atoms with E-state index in [1.807, 2.05) is 55.7 Å². The van der Waals surface area contributed by atoms with Gasteiger partial charge in [-0.25, -0.2) is 14.6 Å². The first-order chi connectivity index (χ1) is 29.0. The number of hydrogen-bond acceptors (Lipinski definition) is 10. The Morgan fingerprint density at radius 1 is 0.750 bits per heavy atom. The molecule has 15 heteroatoms. The van der Waals surface area contributed by atoms with Crippen molar-refractivity contribution in [2.45, 2.75) is 76.9 Å². The highest BCUT2D eigenvalue weighted by Crippen LogP contribution is 2.40. The number of H-pyrrole nitrogens is 1. The van der Waals surface area contributed by atoms with Crippen molar-refractivity contribution in [3.05, 3.63) is 96.4 Å². The lowest BCUT2D eigenvalue weighted by molar-refractivity contribution is -0.136. The van der Waals surface area contributed by atoms with E-state index in [2.05, 4.69) is 91.8 Å². The van der Waals surface area contributed by atoms with E-state index in [1.165, 1.54) is 14.2 Å². The molecule has 318 valence electrons. The molecule has 3 aromatic carbocycles. The number of benzene rings is 3. The standard InChI is InChI=1S/C45H57N9O6/c1-27(2)38(50-44(57)59-5)42(55)52-22-10-13-36(52)40-47-24-34(49-40)31-18-14-29(15-19-31)30-16-20-32(21-17-30)37-25-53(43(56)39(28(3)4)51-45(58)60-6)41(35-23-46-26-48-35)54(37)33-11-8-7-9-12-33/h7-9,11-12,14-21,24,27-28,35-39,41,46,48H,10,13,22-23,25-26H2,1-6H3,(H,47,49)(H,50,57)(H,51,58). The fraction of sp³-hybridized carbons (Fsp3) is 0.444. The average molecular weight is 820 g/mol. The summed E-state index contributed by atoms with van der Waals surface area (Å²) in [6.07, 6.45) is 1.83. The first kappa shape index (κ1) is 42.2. The van der Waals surface area contributed by atoms with E-state index in [9.17, 15) is 19.2 Å². The number of carbonyl (C=O) groups is 4. The summed E-state index contributed by atoms with van der Waals surface area (Å²) in [6, 6.07) is 25.1. The third-order valence-electron chi connectivity index (χ3n) is 11.9. The number of anilines is 1. The number of methoxy groups -OCH3 is 2. The number of para-hydroxylation sites is 1. The maximum Gasteiger partial charge on any atom is 0.407 e. The topological polar surface area (TPSA) is 173 Å². The molecule has 0 bridgehead atoms. The summed E-state index contributed by atoms with van der Waals surface area (Å²) in [5.41, 5.74) is 5.98. The fourth-order valence-corrected chi connectivity index (χ4v) is 8.72. The smallest absolute Gasteiger partial charge is 0.407 e. The second-order valence-electron chi connectivity index (χ2n) is 16.4. The molecule has 0 spiro atoms. The lowest BCUT2D eigenvalue weighted by Gasteiger charge is -2.38. The van der Waals surface area contributed by atoms with Crippen molar-refractivity contribution < 1.29 is 28.7 Å². The molecule has 3 fully saturated rings. The third-order valence-corrected chi connectivity index (χ3v) is 11.9. The molecule has 15 nitrogen and oxygen atoms in total. The zero-order valence-electron chi connectivity index (χ0n) is 35.2. The second-order valence-corrected chi connectivity index (χ2v) is 16.4. The van der Waals surface area contributed by atoms with Crippen LogP contribution < -0.4 is 26.2 Å². The van der Waals surface area contributed by atoms with Gasteiger partial charge in [-0.05, 0) is 59.1 Å².